The highest BCUT2D eigenvalue weighted by Gasteiger charge is 2.20. The Morgan fingerprint density at radius 3 is 1.50 bits per heavy atom. The summed E-state index contributed by atoms with van der Waals surface area (Å²) in [6.45, 7) is 0. The number of para-hydroxylation sites is 1. The Morgan fingerprint density at radius 2 is 0.821 bits per heavy atom. The zero-order chi connectivity index (χ0) is 37.0. The maximum Gasteiger partial charge on any atom is 0.164 e. The van der Waals surface area contributed by atoms with Gasteiger partial charge < -0.3 is 8.98 Å². The Labute approximate surface area is 322 Å². The van der Waals surface area contributed by atoms with Crippen LogP contribution in [0.4, 0.5) is 0 Å². The molecule has 0 fully saturated rings. The molecule has 11 rings (SSSR count). The van der Waals surface area contributed by atoms with E-state index in [0.717, 1.165) is 71.9 Å². The van der Waals surface area contributed by atoms with Gasteiger partial charge >= 0.3 is 0 Å². The topological polar surface area (TPSA) is 56.7 Å². The van der Waals surface area contributed by atoms with Crippen molar-refractivity contribution in [1.82, 2.24) is 19.5 Å². The summed E-state index contributed by atoms with van der Waals surface area (Å²) in [5, 5.41) is 4.46. The van der Waals surface area contributed by atoms with Gasteiger partial charge in [-0.05, 0) is 58.7 Å². The zero-order valence-corrected chi connectivity index (χ0v) is 30.2. The Kier molecular flexibility index (Phi) is 7.42. The van der Waals surface area contributed by atoms with E-state index < -0.39 is 0 Å². The lowest BCUT2D eigenvalue weighted by Gasteiger charge is -2.11. The third kappa shape index (κ3) is 5.37. The fourth-order valence-electron chi connectivity index (χ4n) is 7.97. The summed E-state index contributed by atoms with van der Waals surface area (Å²) in [5.74, 6) is 1.89. The van der Waals surface area contributed by atoms with E-state index in [-0.39, 0.29) is 0 Å². The summed E-state index contributed by atoms with van der Waals surface area (Å²) >= 11 is 0. The molecule has 0 saturated heterocycles. The molecule has 3 heterocycles. The van der Waals surface area contributed by atoms with Gasteiger partial charge in [-0.1, -0.05) is 158 Å². The van der Waals surface area contributed by atoms with Gasteiger partial charge in [-0.3, -0.25) is 0 Å². The molecule has 0 amide bonds. The Bertz CT molecular complexity index is 3160. The number of aromatic nitrogens is 4. The van der Waals surface area contributed by atoms with Gasteiger partial charge in [0.1, 0.15) is 11.2 Å². The van der Waals surface area contributed by atoms with E-state index in [1.165, 1.54) is 16.5 Å². The van der Waals surface area contributed by atoms with Crippen LogP contribution in [0.5, 0.6) is 0 Å². The van der Waals surface area contributed by atoms with E-state index in [1.54, 1.807) is 0 Å². The van der Waals surface area contributed by atoms with Gasteiger partial charge in [-0.2, -0.15) is 0 Å². The van der Waals surface area contributed by atoms with Gasteiger partial charge in [0.05, 0.1) is 22.1 Å². The summed E-state index contributed by atoms with van der Waals surface area (Å²) in [6, 6.07) is 67.4. The van der Waals surface area contributed by atoms with Crippen molar-refractivity contribution in [2.75, 3.05) is 0 Å². The number of furan rings is 1. The Balaban J connectivity index is 1.08. The number of hydrogen-bond acceptors (Lipinski definition) is 4. The minimum Gasteiger partial charge on any atom is -0.456 e. The van der Waals surface area contributed by atoms with Crippen LogP contribution in [-0.2, 0) is 0 Å². The van der Waals surface area contributed by atoms with Crippen LogP contribution < -0.4 is 0 Å². The number of benzene rings is 8. The van der Waals surface area contributed by atoms with Gasteiger partial charge in [0.2, 0.25) is 0 Å². The lowest BCUT2D eigenvalue weighted by Crippen LogP contribution is -2.00. The van der Waals surface area contributed by atoms with Crippen LogP contribution in [-0.4, -0.2) is 19.5 Å². The van der Waals surface area contributed by atoms with Crippen molar-refractivity contribution in [3.05, 3.63) is 194 Å². The lowest BCUT2D eigenvalue weighted by atomic mass is 9.99. The molecule has 56 heavy (non-hydrogen) atoms. The second kappa shape index (κ2) is 13.0. The van der Waals surface area contributed by atoms with E-state index in [4.69, 9.17) is 19.4 Å². The maximum atomic E-state index is 6.63. The quantitative estimate of drug-likeness (QED) is 0.172. The first-order valence-corrected chi connectivity index (χ1v) is 18.8. The average molecular weight is 717 g/mol. The van der Waals surface area contributed by atoms with E-state index in [2.05, 4.69) is 132 Å². The third-order valence-corrected chi connectivity index (χ3v) is 10.7. The minimum absolute atomic E-state index is 0.618. The molecular weight excluding hydrogens is 685 g/mol. The van der Waals surface area contributed by atoms with Gasteiger partial charge in [0.15, 0.2) is 17.5 Å². The fraction of sp³-hybridized carbons (Fsp3) is 0. The summed E-state index contributed by atoms with van der Waals surface area (Å²) in [4.78, 5) is 15.0. The first kappa shape index (κ1) is 31.9. The van der Waals surface area contributed by atoms with Crippen LogP contribution >= 0.6 is 0 Å². The van der Waals surface area contributed by atoms with Crippen molar-refractivity contribution in [2.24, 2.45) is 0 Å². The van der Waals surface area contributed by atoms with Crippen molar-refractivity contribution in [2.45, 2.75) is 0 Å². The number of nitrogens with zero attached hydrogens (tertiary/aromatic N) is 4. The molecule has 0 N–H and O–H groups in total. The molecule has 0 bridgehead atoms. The van der Waals surface area contributed by atoms with Crippen LogP contribution in [0.25, 0.3) is 106 Å². The molecule has 0 unspecified atom stereocenters. The molecule has 11 aromatic rings. The maximum absolute atomic E-state index is 6.63. The van der Waals surface area contributed by atoms with Crippen molar-refractivity contribution in [3.8, 4) is 62.1 Å². The molecule has 0 aliphatic rings. The predicted molar refractivity (Wildman–Crippen MR) is 229 cm³/mol. The minimum atomic E-state index is 0.618. The summed E-state index contributed by atoms with van der Waals surface area (Å²) in [5.41, 5.74) is 12.4. The molecule has 0 saturated carbocycles. The molecule has 0 aliphatic carbocycles. The Morgan fingerprint density at radius 1 is 0.321 bits per heavy atom. The lowest BCUT2D eigenvalue weighted by molar-refractivity contribution is 0.669. The van der Waals surface area contributed by atoms with Crippen LogP contribution in [0.2, 0.25) is 0 Å². The smallest absolute Gasteiger partial charge is 0.164 e. The largest absolute Gasteiger partial charge is 0.456 e. The molecule has 8 aromatic carbocycles. The summed E-state index contributed by atoms with van der Waals surface area (Å²) in [7, 11) is 0. The van der Waals surface area contributed by atoms with Crippen LogP contribution in [0.1, 0.15) is 0 Å². The van der Waals surface area contributed by atoms with Gasteiger partial charge in [-0.15, -0.1) is 0 Å². The molecule has 0 radical (unpaired) electrons. The first-order chi connectivity index (χ1) is 27.7. The van der Waals surface area contributed by atoms with Crippen molar-refractivity contribution < 1.29 is 4.42 Å². The standard InChI is InChI=1S/C51H32N4O/c1-4-13-33(14-5-1)34-23-25-35(26-24-34)38-27-30-42-47(32-38)56-46-22-12-21-44(48(42)46)55-43-20-11-10-19-40(43)41-29-28-39(31-45(41)55)51-53-49(36-15-6-2-7-16-36)52-50(54-51)37-17-8-3-9-18-37/h1-32H. The molecule has 0 atom stereocenters. The van der Waals surface area contributed by atoms with E-state index in [0.29, 0.717) is 17.5 Å². The predicted octanol–water partition coefficient (Wildman–Crippen LogP) is 13.2. The Hall–Kier alpha value is -7.63. The second-order valence-electron chi connectivity index (χ2n) is 14.0. The van der Waals surface area contributed by atoms with Gasteiger partial charge in [0, 0.05) is 32.8 Å². The van der Waals surface area contributed by atoms with E-state index in [1.807, 2.05) is 66.7 Å². The fourth-order valence-corrected chi connectivity index (χ4v) is 7.97. The van der Waals surface area contributed by atoms with Crippen LogP contribution in [0.3, 0.4) is 0 Å². The van der Waals surface area contributed by atoms with Gasteiger partial charge in [-0.25, -0.2) is 15.0 Å². The first-order valence-electron chi connectivity index (χ1n) is 18.8. The highest BCUT2D eigenvalue weighted by molar-refractivity contribution is 6.15. The monoisotopic (exact) mass is 716 g/mol. The van der Waals surface area contributed by atoms with Crippen molar-refractivity contribution in [1.29, 1.82) is 0 Å². The highest BCUT2D eigenvalue weighted by Crippen LogP contribution is 2.41. The van der Waals surface area contributed by atoms with E-state index in [9.17, 15) is 0 Å². The van der Waals surface area contributed by atoms with Crippen molar-refractivity contribution in [3.63, 3.8) is 0 Å². The van der Waals surface area contributed by atoms with Crippen LogP contribution in [0, 0.1) is 0 Å². The van der Waals surface area contributed by atoms with Crippen LogP contribution in [0.15, 0.2) is 199 Å². The second-order valence-corrected chi connectivity index (χ2v) is 14.0. The summed E-state index contributed by atoms with van der Waals surface area (Å²) < 4.78 is 8.99. The molecule has 0 aliphatic heterocycles. The molecule has 262 valence electrons. The number of rotatable bonds is 6. The van der Waals surface area contributed by atoms with E-state index >= 15 is 0 Å². The zero-order valence-electron chi connectivity index (χ0n) is 30.2. The molecule has 0 spiro atoms. The third-order valence-electron chi connectivity index (χ3n) is 10.7. The molecule has 5 nitrogen and oxygen atoms in total. The highest BCUT2D eigenvalue weighted by atomic mass is 16.3. The van der Waals surface area contributed by atoms with Crippen molar-refractivity contribution >= 4 is 43.7 Å². The molecule has 5 heteroatoms. The molecule has 3 aromatic heterocycles. The summed E-state index contributed by atoms with van der Waals surface area (Å²) in [6.07, 6.45) is 0. The SMILES string of the molecule is c1ccc(-c2ccc(-c3ccc4c(c3)oc3cccc(-n5c6ccccc6c6ccc(-c7nc(-c8ccccc8)nc(-c8ccccc8)n7)cc65)c34)cc2)cc1. The average Bonchev–Trinajstić information content (AvgIpc) is 3.82. The number of fused-ring (bicyclic) bond motifs is 6. The normalized spacial score (nSPS) is 11.6. The number of hydrogen-bond donors (Lipinski definition) is 0. The molecular formula is C51H32N4O. The van der Waals surface area contributed by atoms with Gasteiger partial charge in [0.25, 0.3) is 0 Å².